The van der Waals surface area contributed by atoms with Gasteiger partial charge in [-0.15, -0.1) is 0 Å². The summed E-state index contributed by atoms with van der Waals surface area (Å²) in [5.41, 5.74) is 0. The maximum Gasteiger partial charge on any atom is 0.252 e. The molecule has 0 saturated heterocycles. The normalized spacial score (nSPS) is 15.7. The van der Waals surface area contributed by atoms with Crippen LogP contribution in [0, 0.1) is 5.92 Å². The molecule has 0 saturated carbocycles. The van der Waals surface area contributed by atoms with E-state index in [9.17, 15) is 13.2 Å². The zero-order valence-electron chi connectivity index (χ0n) is 5.63. The summed E-state index contributed by atoms with van der Waals surface area (Å²) in [5, 5.41) is 0. The molecule has 3 heteroatoms. The molecule has 0 amide bonds. The van der Waals surface area contributed by atoms with E-state index in [1.807, 2.05) is 0 Å². The minimum atomic E-state index is -2.82. The number of alkyl halides is 3. The van der Waals surface area contributed by atoms with Gasteiger partial charge in [-0.25, -0.2) is 8.78 Å². The van der Waals surface area contributed by atoms with Crippen LogP contribution in [-0.4, -0.2) is 12.6 Å². The highest BCUT2D eigenvalue weighted by Gasteiger charge is 2.33. The summed E-state index contributed by atoms with van der Waals surface area (Å²) in [4.78, 5) is 0. The lowest BCUT2D eigenvalue weighted by atomic mass is 10.0. The van der Waals surface area contributed by atoms with E-state index in [0.29, 0.717) is 0 Å². The van der Waals surface area contributed by atoms with Crippen molar-refractivity contribution in [1.29, 1.82) is 0 Å². The lowest BCUT2D eigenvalue weighted by Gasteiger charge is -2.18. The Hall–Kier alpha value is -0.210. The zero-order chi connectivity index (χ0) is 7.49. The molecule has 0 unspecified atom stereocenters. The number of hydrogen-bond donors (Lipinski definition) is 0. The predicted molar refractivity (Wildman–Crippen MR) is 30.4 cm³/mol. The Labute approximate surface area is 53.1 Å². The van der Waals surface area contributed by atoms with Crippen LogP contribution in [0.15, 0.2) is 0 Å². The highest BCUT2D eigenvalue weighted by atomic mass is 19.3. The van der Waals surface area contributed by atoms with Gasteiger partial charge >= 0.3 is 0 Å². The van der Waals surface area contributed by atoms with Crippen LogP contribution in [0.25, 0.3) is 0 Å². The molecule has 0 bridgehead atoms. The minimum absolute atomic E-state index is 0.280. The molecule has 0 aromatic rings. The molecule has 0 aliphatic heterocycles. The topological polar surface area (TPSA) is 0 Å². The minimum Gasteiger partial charge on any atom is -0.251 e. The van der Waals surface area contributed by atoms with E-state index in [0.717, 1.165) is 0 Å². The predicted octanol–water partition coefficient (Wildman–Crippen LogP) is 2.64. The Morgan fingerprint density at radius 3 is 2.00 bits per heavy atom. The average Bonchev–Trinajstić information content (AvgIpc) is 1.86. The van der Waals surface area contributed by atoms with Crippen molar-refractivity contribution in [3.05, 3.63) is 0 Å². The maximum atomic E-state index is 12.3. The van der Waals surface area contributed by atoms with Gasteiger partial charge in [-0.2, -0.15) is 0 Å². The van der Waals surface area contributed by atoms with Crippen LogP contribution in [-0.2, 0) is 0 Å². The van der Waals surface area contributed by atoms with Crippen LogP contribution in [0.5, 0.6) is 0 Å². The third-order valence-electron chi connectivity index (χ3n) is 1.42. The van der Waals surface area contributed by atoms with Crippen molar-refractivity contribution in [2.75, 3.05) is 6.67 Å². The largest absolute Gasteiger partial charge is 0.252 e. The first-order chi connectivity index (χ1) is 4.04. The summed E-state index contributed by atoms with van der Waals surface area (Å²) in [6.07, 6.45) is -0.280. The zero-order valence-corrected chi connectivity index (χ0v) is 5.63. The van der Waals surface area contributed by atoms with Crippen molar-refractivity contribution < 1.29 is 13.2 Å². The molecule has 0 aliphatic rings. The van der Waals surface area contributed by atoms with Gasteiger partial charge in [-0.05, 0) is 0 Å². The molecule has 0 aromatic heterocycles. The van der Waals surface area contributed by atoms with Crippen molar-refractivity contribution in [2.24, 2.45) is 5.92 Å². The van der Waals surface area contributed by atoms with E-state index in [4.69, 9.17) is 0 Å². The van der Waals surface area contributed by atoms with Gasteiger partial charge in [0, 0.05) is 12.3 Å². The van der Waals surface area contributed by atoms with Gasteiger partial charge in [-0.1, -0.05) is 13.8 Å². The van der Waals surface area contributed by atoms with E-state index >= 15 is 0 Å². The monoisotopic (exact) mass is 140 g/mol. The molecule has 0 spiro atoms. The summed E-state index contributed by atoms with van der Waals surface area (Å²) in [7, 11) is 0. The van der Waals surface area contributed by atoms with E-state index < -0.39 is 18.5 Å². The van der Waals surface area contributed by atoms with Crippen LogP contribution < -0.4 is 0 Å². The first-order valence-corrected chi connectivity index (χ1v) is 2.98. The third kappa shape index (κ3) is 2.24. The van der Waals surface area contributed by atoms with E-state index in [-0.39, 0.29) is 6.42 Å². The molecular formula is C6H11F3. The molecule has 0 nitrogen and oxygen atoms in total. The van der Waals surface area contributed by atoms with Crippen molar-refractivity contribution in [1.82, 2.24) is 0 Å². The second-order valence-corrected chi connectivity index (χ2v) is 2.17. The average molecular weight is 140 g/mol. The second-order valence-electron chi connectivity index (χ2n) is 2.17. The summed E-state index contributed by atoms with van der Waals surface area (Å²) in [6.45, 7) is 1.62. The van der Waals surface area contributed by atoms with E-state index in [2.05, 4.69) is 0 Å². The van der Waals surface area contributed by atoms with Crippen molar-refractivity contribution >= 4 is 0 Å². The maximum absolute atomic E-state index is 12.3. The summed E-state index contributed by atoms with van der Waals surface area (Å²) >= 11 is 0. The Bertz CT molecular complexity index is 80.4. The Morgan fingerprint density at radius 1 is 1.44 bits per heavy atom. The summed E-state index contributed by atoms with van der Waals surface area (Å²) in [5.74, 6) is -3.96. The van der Waals surface area contributed by atoms with Crippen LogP contribution in [0.2, 0.25) is 0 Å². The van der Waals surface area contributed by atoms with Gasteiger partial charge in [0.25, 0.3) is 5.92 Å². The molecule has 0 fully saturated rings. The molecule has 0 heterocycles. The SMILES string of the molecule is CCC(F)(F)[C@@H](C)CF. The number of rotatable bonds is 3. The van der Waals surface area contributed by atoms with Crippen molar-refractivity contribution in [3.63, 3.8) is 0 Å². The molecule has 0 aromatic carbocycles. The van der Waals surface area contributed by atoms with Gasteiger partial charge in [0.2, 0.25) is 0 Å². The van der Waals surface area contributed by atoms with Crippen LogP contribution >= 0.6 is 0 Å². The smallest absolute Gasteiger partial charge is 0.251 e. The molecule has 0 radical (unpaired) electrons. The van der Waals surface area contributed by atoms with Crippen molar-refractivity contribution in [3.8, 4) is 0 Å². The highest BCUT2D eigenvalue weighted by molar-refractivity contribution is 4.70. The first-order valence-electron chi connectivity index (χ1n) is 2.98. The molecule has 1 atom stereocenters. The van der Waals surface area contributed by atoms with Crippen LogP contribution in [0.4, 0.5) is 13.2 Å². The lowest BCUT2D eigenvalue weighted by Crippen LogP contribution is -2.26. The fraction of sp³-hybridized carbons (Fsp3) is 1.00. The van der Waals surface area contributed by atoms with E-state index in [1.54, 1.807) is 0 Å². The number of hydrogen-bond acceptors (Lipinski definition) is 0. The van der Waals surface area contributed by atoms with E-state index in [1.165, 1.54) is 13.8 Å². The molecule has 9 heavy (non-hydrogen) atoms. The van der Waals surface area contributed by atoms with Gasteiger partial charge in [-0.3, -0.25) is 4.39 Å². The fourth-order valence-electron chi connectivity index (χ4n) is 0.461. The molecule has 0 rings (SSSR count). The standard InChI is InChI=1S/C6H11F3/c1-3-6(8,9)5(2)4-7/h5H,3-4H2,1-2H3/t5-/m0/s1. The fourth-order valence-corrected chi connectivity index (χ4v) is 0.461. The van der Waals surface area contributed by atoms with Gasteiger partial charge in [0.1, 0.15) is 0 Å². The Morgan fingerprint density at radius 2 is 1.89 bits per heavy atom. The lowest BCUT2D eigenvalue weighted by molar-refractivity contribution is -0.0614. The third-order valence-corrected chi connectivity index (χ3v) is 1.42. The van der Waals surface area contributed by atoms with Gasteiger partial charge < -0.3 is 0 Å². The first kappa shape index (κ1) is 8.79. The highest BCUT2D eigenvalue weighted by Crippen LogP contribution is 2.27. The number of halogens is 3. The van der Waals surface area contributed by atoms with Crippen LogP contribution in [0.3, 0.4) is 0 Å². The molecule has 0 aliphatic carbocycles. The molecule has 0 N–H and O–H groups in total. The summed E-state index contributed by atoms with van der Waals surface area (Å²) in [6, 6.07) is 0. The van der Waals surface area contributed by atoms with Gasteiger partial charge in [0.15, 0.2) is 0 Å². The summed E-state index contributed by atoms with van der Waals surface area (Å²) < 4.78 is 36.2. The van der Waals surface area contributed by atoms with Crippen molar-refractivity contribution in [2.45, 2.75) is 26.2 Å². The second kappa shape index (κ2) is 3.08. The quantitative estimate of drug-likeness (QED) is 0.565. The Balaban J connectivity index is 3.80. The van der Waals surface area contributed by atoms with Gasteiger partial charge in [0.05, 0.1) is 6.67 Å². The molecular weight excluding hydrogens is 129 g/mol. The van der Waals surface area contributed by atoms with Crippen LogP contribution in [0.1, 0.15) is 20.3 Å². The Kier molecular flexibility index (Phi) is 3.01. The molecule has 56 valence electrons.